The average molecular weight is 466 g/mol. The van der Waals surface area contributed by atoms with Gasteiger partial charge >= 0.3 is 5.97 Å². The molecule has 3 rings (SSSR count). The Morgan fingerprint density at radius 2 is 1.50 bits per heavy atom. The van der Waals surface area contributed by atoms with E-state index in [1.165, 1.54) is 7.11 Å². The van der Waals surface area contributed by atoms with Crippen molar-refractivity contribution in [2.45, 2.75) is 12.6 Å². The van der Waals surface area contributed by atoms with Crippen LogP contribution in [0, 0.1) is 0 Å². The molecular formula is C27H31NO6. The van der Waals surface area contributed by atoms with Crippen molar-refractivity contribution in [3.63, 3.8) is 0 Å². The minimum atomic E-state index is -0.654. The van der Waals surface area contributed by atoms with Crippen molar-refractivity contribution in [2.75, 3.05) is 40.0 Å². The minimum absolute atomic E-state index is 0.159. The number of aliphatic hydroxyl groups is 1. The fourth-order valence-corrected chi connectivity index (χ4v) is 3.28. The zero-order valence-corrected chi connectivity index (χ0v) is 19.3. The number of hydrogen-bond donors (Lipinski definition) is 1. The van der Waals surface area contributed by atoms with Gasteiger partial charge in [-0.15, -0.1) is 0 Å². The average Bonchev–Trinajstić information content (AvgIpc) is 2.87. The summed E-state index contributed by atoms with van der Waals surface area (Å²) < 4.78 is 21.6. The number of nitrogens with zero attached hydrogens (tertiary/aromatic N) is 1. The molecule has 180 valence electrons. The summed E-state index contributed by atoms with van der Waals surface area (Å²) in [5.74, 6) is 1.44. The lowest BCUT2D eigenvalue weighted by Gasteiger charge is -2.25. The molecule has 0 radical (unpaired) electrons. The predicted molar refractivity (Wildman–Crippen MR) is 129 cm³/mol. The first-order valence-electron chi connectivity index (χ1n) is 11.2. The summed E-state index contributed by atoms with van der Waals surface area (Å²) in [6, 6.07) is 26.7. The highest BCUT2D eigenvalue weighted by Gasteiger charge is 2.14. The van der Waals surface area contributed by atoms with Crippen molar-refractivity contribution >= 4 is 5.97 Å². The van der Waals surface area contributed by atoms with Gasteiger partial charge in [0.25, 0.3) is 0 Å². The van der Waals surface area contributed by atoms with E-state index in [2.05, 4.69) is 21.8 Å². The molecule has 0 saturated heterocycles. The van der Waals surface area contributed by atoms with E-state index in [1.54, 1.807) is 18.2 Å². The van der Waals surface area contributed by atoms with E-state index in [-0.39, 0.29) is 13.2 Å². The molecule has 0 fully saturated rings. The van der Waals surface area contributed by atoms with Gasteiger partial charge in [-0.25, -0.2) is 4.79 Å². The first kappa shape index (κ1) is 25.1. The number of carbonyl (C=O) groups is 1. The summed E-state index contributed by atoms with van der Waals surface area (Å²) in [5, 5.41) is 10.6. The Bertz CT molecular complexity index is 983. The summed E-state index contributed by atoms with van der Waals surface area (Å²) in [7, 11) is 1.32. The van der Waals surface area contributed by atoms with E-state index in [0.717, 1.165) is 11.3 Å². The second-order valence-corrected chi connectivity index (χ2v) is 7.69. The number of hydrogen-bond acceptors (Lipinski definition) is 7. The first-order chi connectivity index (χ1) is 16.6. The van der Waals surface area contributed by atoms with Gasteiger partial charge in [-0.2, -0.15) is 0 Å². The third kappa shape index (κ3) is 9.13. The maximum Gasteiger partial charge on any atom is 0.343 e. The van der Waals surface area contributed by atoms with E-state index in [0.29, 0.717) is 37.7 Å². The van der Waals surface area contributed by atoms with Crippen LogP contribution in [0.4, 0.5) is 0 Å². The zero-order valence-electron chi connectivity index (χ0n) is 19.3. The van der Waals surface area contributed by atoms with Crippen LogP contribution in [-0.4, -0.2) is 62.1 Å². The van der Waals surface area contributed by atoms with E-state index < -0.39 is 12.1 Å². The largest absolute Gasteiger partial charge is 0.492 e. The fraction of sp³-hybridized carbons (Fsp3) is 0.296. The number of esters is 1. The molecule has 0 aliphatic rings. The quantitative estimate of drug-likeness (QED) is 0.365. The molecule has 0 heterocycles. The molecule has 1 atom stereocenters. The standard InChI is InChI=1S/C27H31NO6/c1-31-27(30)21-34-26-14-8-13-25(17-26)32-16-15-28(18-22-9-4-2-5-10-22)19-23(29)20-33-24-11-6-3-7-12-24/h2-14,17,23,29H,15-16,18-21H2,1H3. The Hall–Kier alpha value is -3.55. The number of aliphatic hydroxyl groups excluding tert-OH is 1. The third-order valence-corrected chi connectivity index (χ3v) is 4.97. The number of carbonyl (C=O) groups excluding carboxylic acids is 1. The molecule has 3 aromatic carbocycles. The molecule has 0 aliphatic heterocycles. The van der Waals surface area contributed by atoms with Crippen molar-refractivity contribution < 1.29 is 28.8 Å². The van der Waals surface area contributed by atoms with Gasteiger partial charge in [0.1, 0.15) is 36.6 Å². The van der Waals surface area contributed by atoms with E-state index in [4.69, 9.17) is 14.2 Å². The van der Waals surface area contributed by atoms with Gasteiger partial charge < -0.3 is 24.1 Å². The van der Waals surface area contributed by atoms with Gasteiger partial charge in [-0.1, -0.05) is 54.6 Å². The van der Waals surface area contributed by atoms with Crippen LogP contribution in [0.15, 0.2) is 84.9 Å². The Kier molecular flexibility index (Phi) is 10.2. The summed E-state index contributed by atoms with van der Waals surface area (Å²) in [4.78, 5) is 13.4. The lowest BCUT2D eigenvalue weighted by atomic mass is 10.2. The monoisotopic (exact) mass is 465 g/mol. The summed E-state index contributed by atoms with van der Waals surface area (Å²) in [6.45, 7) is 2.18. The van der Waals surface area contributed by atoms with Crippen molar-refractivity contribution in [3.8, 4) is 17.2 Å². The first-order valence-corrected chi connectivity index (χ1v) is 11.2. The molecule has 7 nitrogen and oxygen atoms in total. The highest BCUT2D eigenvalue weighted by atomic mass is 16.6. The van der Waals surface area contributed by atoms with Crippen LogP contribution in [0.1, 0.15) is 5.56 Å². The molecule has 1 N–H and O–H groups in total. The molecule has 1 unspecified atom stereocenters. The van der Waals surface area contributed by atoms with E-state index in [1.807, 2.05) is 54.6 Å². The number of rotatable bonds is 14. The summed E-state index contributed by atoms with van der Waals surface area (Å²) >= 11 is 0. The Morgan fingerprint density at radius 3 is 2.21 bits per heavy atom. The van der Waals surface area contributed by atoms with Crippen molar-refractivity contribution in [1.29, 1.82) is 0 Å². The van der Waals surface area contributed by atoms with E-state index in [9.17, 15) is 9.90 Å². The fourth-order valence-electron chi connectivity index (χ4n) is 3.28. The van der Waals surface area contributed by atoms with Crippen LogP contribution in [-0.2, 0) is 16.1 Å². The third-order valence-electron chi connectivity index (χ3n) is 4.97. The Balaban J connectivity index is 1.52. The second-order valence-electron chi connectivity index (χ2n) is 7.69. The van der Waals surface area contributed by atoms with Crippen LogP contribution in [0.3, 0.4) is 0 Å². The van der Waals surface area contributed by atoms with Crippen LogP contribution in [0.5, 0.6) is 17.2 Å². The van der Waals surface area contributed by atoms with Gasteiger partial charge in [0.05, 0.1) is 7.11 Å². The Morgan fingerprint density at radius 1 is 0.853 bits per heavy atom. The lowest BCUT2D eigenvalue weighted by molar-refractivity contribution is -0.142. The molecule has 0 bridgehead atoms. The van der Waals surface area contributed by atoms with Gasteiger partial charge in [0.15, 0.2) is 6.61 Å². The smallest absolute Gasteiger partial charge is 0.343 e. The molecule has 0 saturated carbocycles. The van der Waals surface area contributed by atoms with Crippen molar-refractivity contribution in [2.24, 2.45) is 0 Å². The van der Waals surface area contributed by atoms with Gasteiger partial charge in [0.2, 0.25) is 0 Å². The highest BCUT2D eigenvalue weighted by Crippen LogP contribution is 2.19. The van der Waals surface area contributed by atoms with Crippen LogP contribution < -0.4 is 14.2 Å². The summed E-state index contributed by atoms with van der Waals surface area (Å²) in [5.41, 5.74) is 1.15. The molecule has 0 amide bonds. The molecule has 7 heteroatoms. The number of para-hydroxylation sites is 1. The predicted octanol–water partition coefficient (Wildman–Crippen LogP) is 3.56. The molecule has 0 aromatic heterocycles. The van der Waals surface area contributed by atoms with Crippen LogP contribution >= 0.6 is 0 Å². The Labute approximate surface area is 200 Å². The van der Waals surface area contributed by atoms with E-state index >= 15 is 0 Å². The lowest BCUT2D eigenvalue weighted by Crippen LogP contribution is -2.37. The summed E-state index contributed by atoms with van der Waals surface area (Å²) in [6.07, 6.45) is -0.654. The molecule has 0 aliphatic carbocycles. The number of ether oxygens (including phenoxy) is 4. The second kappa shape index (κ2) is 13.9. The maximum absolute atomic E-state index is 11.3. The van der Waals surface area contributed by atoms with Crippen LogP contribution in [0.25, 0.3) is 0 Å². The van der Waals surface area contributed by atoms with Gasteiger partial charge in [-0.3, -0.25) is 4.90 Å². The number of benzene rings is 3. The molecule has 34 heavy (non-hydrogen) atoms. The molecular weight excluding hydrogens is 434 g/mol. The zero-order chi connectivity index (χ0) is 24.0. The van der Waals surface area contributed by atoms with Crippen molar-refractivity contribution in [1.82, 2.24) is 4.90 Å². The topological polar surface area (TPSA) is 77.5 Å². The number of methoxy groups -OCH3 is 1. The molecule has 0 spiro atoms. The van der Waals surface area contributed by atoms with Gasteiger partial charge in [0, 0.05) is 25.7 Å². The van der Waals surface area contributed by atoms with Crippen molar-refractivity contribution in [3.05, 3.63) is 90.5 Å². The van der Waals surface area contributed by atoms with Gasteiger partial charge in [-0.05, 0) is 29.8 Å². The minimum Gasteiger partial charge on any atom is -0.492 e. The maximum atomic E-state index is 11.3. The van der Waals surface area contributed by atoms with Crippen LogP contribution in [0.2, 0.25) is 0 Å². The normalized spacial score (nSPS) is 11.6. The highest BCUT2D eigenvalue weighted by molar-refractivity contribution is 5.70. The SMILES string of the molecule is COC(=O)COc1cccc(OCCN(Cc2ccccc2)CC(O)COc2ccccc2)c1. The molecule has 3 aromatic rings.